The van der Waals surface area contributed by atoms with Crippen LogP contribution in [-0.2, 0) is 16.0 Å². The van der Waals surface area contributed by atoms with Crippen LogP contribution < -0.4 is 20.1 Å². The number of hydrogen-bond acceptors (Lipinski definition) is 4. The third-order valence-corrected chi connectivity index (χ3v) is 3.78. The van der Waals surface area contributed by atoms with Gasteiger partial charge in [-0.1, -0.05) is 26.8 Å². The van der Waals surface area contributed by atoms with Crippen LogP contribution in [-0.4, -0.2) is 38.1 Å². The molecule has 0 aromatic heterocycles. The summed E-state index contributed by atoms with van der Waals surface area (Å²) >= 11 is 0. The van der Waals surface area contributed by atoms with Crippen molar-refractivity contribution in [2.24, 2.45) is 5.41 Å². The summed E-state index contributed by atoms with van der Waals surface area (Å²) in [7, 11) is 3.16. The number of rotatable bonds is 7. The first kappa shape index (κ1) is 21.8. The predicted octanol–water partition coefficient (Wildman–Crippen LogP) is 2.69. The molecule has 0 radical (unpaired) electrons. The summed E-state index contributed by atoms with van der Waals surface area (Å²) in [6.45, 7) is 10.5. The van der Waals surface area contributed by atoms with Gasteiger partial charge < -0.3 is 20.1 Å². The number of hydrogen-bond donors (Lipinski definition) is 2. The van der Waals surface area contributed by atoms with Crippen molar-refractivity contribution in [3.63, 3.8) is 0 Å². The number of nitrogens with one attached hydrogen (secondary N) is 2. The van der Waals surface area contributed by atoms with E-state index >= 15 is 0 Å². The highest BCUT2D eigenvalue weighted by Crippen LogP contribution is 2.28. The number of carbonyl (C=O) groups excluding carboxylic acids is 2. The minimum Gasteiger partial charge on any atom is -0.493 e. The highest BCUT2D eigenvalue weighted by atomic mass is 16.5. The first-order valence-corrected chi connectivity index (χ1v) is 8.79. The molecule has 0 aliphatic rings. The Balaban J connectivity index is 2.52. The van der Waals surface area contributed by atoms with Crippen LogP contribution in [0.3, 0.4) is 0 Å². The largest absolute Gasteiger partial charge is 0.493 e. The van der Waals surface area contributed by atoms with Crippen molar-refractivity contribution in [2.45, 2.75) is 53.0 Å². The maximum atomic E-state index is 12.1. The Kier molecular flexibility index (Phi) is 7.48. The van der Waals surface area contributed by atoms with E-state index in [4.69, 9.17) is 9.47 Å². The standard InChI is InChI=1S/C20H32N2O4/c1-19(2,3)13-20(4,5)22-18(24)17(23)21-11-10-14-8-9-15(25-6)16(12-14)26-7/h8-9,12H,10-11,13H2,1-7H3,(H,21,23)(H,22,24). The van der Waals surface area contributed by atoms with E-state index in [9.17, 15) is 9.59 Å². The van der Waals surface area contributed by atoms with Crippen LogP contribution in [0.4, 0.5) is 0 Å². The van der Waals surface area contributed by atoms with E-state index in [0.29, 0.717) is 24.5 Å². The molecule has 2 amide bonds. The summed E-state index contributed by atoms with van der Waals surface area (Å²) in [6.07, 6.45) is 1.36. The second kappa shape index (κ2) is 8.92. The van der Waals surface area contributed by atoms with Crippen molar-refractivity contribution in [2.75, 3.05) is 20.8 Å². The monoisotopic (exact) mass is 364 g/mol. The van der Waals surface area contributed by atoms with Crippen molar-refractivity contribution in [1.29, 1.82) is 0 Å². The zero-order chi connectivity index (χ0) is 20.0. The van der Waals surface area contributed by atoms with Crippen LogP contribution in [0.1, 0.15) is 46.6 Å². The molecule has 1 aromatic carbocycles. The van der Waals surface area contributed by atoms with Gasteiger partial charge in [-0.3, -0.25) is 9.59 Å². The predicted molar refractivity (Wildman–Crippen MR) is 103 cm³/mol. The molecular formula is C20H32N2O4. The second-order valence-electron chi connectivity index (χ2n) is 8.27. The third kappa shape index (κ3) is 7.33. The van der Waals surface area contributed by atoms with E-state index in [2.05, 4.69) is 31.4 Å². The summed E-state index contributed by atoms with van der Waals surface area (Å²) in [5.74, 6) is 0.0674. The maximum Gasteiger partial charge on any atom is 0.309 e. The lowest BCUT2D eigenvalue weighted by molar-refractivity contribution is -0.140. The highest BCUT2D eigenvalue weighted by Gasteiger charge is 2.29. The van der Waals surface area contributed by atoms with E-state index in [0.717, 1.165) is 12.0 Å². The fraction of sp³-hybridized carbons (Fsp3) is 0.600. The van der Waals surface area contributed by atoms with E-state index in [1.165, 1.54) is 0 Å². The lowest BCUT2D eigenvalue weighted by atomic mass is 9.82. The van der Waals surface area contributed by atoms with Crippen LogP contribution in [0.5, 0.6) is 11.5 Å². The smallest absolute Gasteiger partial charge is 0.309 e. The van der Waals surface area contributed by atoms with Crippen molar-refractivity contribution in [1.82, 2.24) is 10.6 Å². The molecule has 26 heavy (non-hydrogen) atoms. The van der Waals surface area contributed by atoms with Crippen LogP contribution >= 0.6 is 0 Å². The van der Waals surface area contributed by atoms with Crippen LogP contribution in [0.15, 0.2) is 18.2 Å². The number of ether oxygens (including phenoxy) is 2. The molecule has 6 heteroatoms. The molecule has 0 unspecified atom stereocenters. The number of amides is 2. The highest BCUT2D eigenvalue weighted by molar-refractivity contribution is 6.35. The van der Waals surface area contributed by atoms with Gasteiger partial charge in [-0.2, -0.15) is 0 Å². The molecule has 1 rings (SSSR count). The minimum atomic E-state index is -0.618. The van der Waals surface area contributed by atoms with Gasteiger partial charge in [-0.15, -0.1) is 0 Å². The van der Waals surface area contributed by atoms with Gasteiger partial charge in [-0.05, 0) is 49.8 Å². The van der Waals surface area contributed by atoms with Gasteiger partial charge >= 0.3 is 11.8 Å². The van der Waals surface area contributed by atoms with Crippen molar-refractivity contribution in [3.8, 4) is 11.5 Å². The first-order chi connectivity index (χ1) is 12.0. The van der Waals surface area contributed by atoms with Crippen LogP contribution in [0.2, 0.25) is 0 Å². The molecular weight excluding hydrogens is 332 g/mol. The maximum absolute atomic E-state index is 12.1. The fourth-order valence-electron chi connectivity index (χ4n) is 3.17. The molecule has 2 N–H and O–H groups in total. The third-order valence-electron chi connectivity index (χ3n) is 3.78. The summed E-state index contributed by atoms with van der Waals surface area (Å²) in [5.41, 5.74) is 0.591. The number of benzene rings is 1. The van der Waals surface area contributed by atoms with Gasteiger partial charge in [0.05, 0.1) is 14.2 Å². The first-order valence-electron chi connectivity index (χ1n) is 8.79. The Hall–Kier alpha value is -2.24. The van der Waals surface area contributed by atoms with Crippen molar-refractivity contribution < 1.29 is 19.1 Å². The Morgan fingerprint density at radius 3 is 2.12 bits per heavy atom. The lowest BCUT2D eigenvalue weighted by Gasteiger charge is -2.33. The fourth-order valence-corrected chi connectivity index (χ4v) is 3.17. The van der Waals surface area contributed by atoms with Gasteiger partial charge in [0.1, 0.15) is 0 Å². The molecule has 0 bridgehead atoms. The Bertz CT molecular complexity index is 633. The molecule has 0 atom stereocenters. The average molecular weight is 364 g/mol. The zero-order valence-corrected chi connectivity index (χ0v) is 17.0. The topological polar surface area (TPSA) is 76.7 Å². The van der Waals surface area contributed by atoms with Gasteiger partial charge in [0.25, 0.3) is 0 Å². The number of carbonyl (C=O) groups is 2. The van der Waals surface area contributed by atoms with Gasteiger partial charge in [0.2, 0.25) is 0 Å². The summed E-state index contributed by atoms with van der Waals surface area (Å²) in [6, 6.07) is 5.58. The normalized spacial score (nSPS) is 11.7. The van der Waals surface area contributed by atoms with E-state index in [1.54, 1.807) is 14.2 Å². The molecule has 0 spiro atoms. The molecule has 0 heterocycles. The van der Waals surface area contributed by atoms with E-state index in [1.807, 2.05) is 32.0 Å². The molecule has 146 valence electrons. The lowest BCUT2D eigenvalue weighted by Crippen LogP contribution is -2.51. The van der Waals surface area contributed by atoms with Gasteiger partial charge in [0, 0.05) is 12.1 Å². The molecule has 0 aliphatic carbocycles. The second-order valence-corrected chi connectivity index (χ2v) is 8.27. The molecule has 0 aliphatic heterocycles. The summed E-state index contributed by atoms with van der Waals surface area (Å²) in [4.78, 5) is 24.1. The molecule has 0 saturated carbocycles. The van der Waals surface area contributed by atoms with Crippen molar-refractivity contribution in [3.05, 3.63) is 23.8 Å². The summed E-state index contributed by atoms with van der Waals surface area (Å²) in [5, 5.41) is 5.47. The quantitative estimate of drug-likeness (QED) is 0.730. The van der Waals surface area contributed by atoms with Gasteiger partial charge in [0.15, 0.2) is 11.5 Å². The van der Waals surface area contributed by atoms with Crippen LogP contribution in [0, 0.1) is 5.41 Å². The average Bonchev–Trinajstić information content (AvgIpc) is 2.51. The zero-order valence-electron chi connectivity index (χ0n) is 17.0. The summed E-state index contributed by atoms with van der Waals surface area (Å²) < 4.78 is 10.5. The Morgan fingerprint density at radius 1 is 0.962 bits per heavy atom. The van der Waals surface area contributed by atoms with E-state index in [-0.39, 0.29) is 5.41 Å². The Labute approximate surface area is 156 Å². The minimum absolute atomic E-state index is 0.0562. The molecule has 0 saturated heterocycles. The van der Waals surface area contributed by atoms with Crippen LogP contribution in [0.25, 0.3) is 0 Å². The van der Waals surface area contributed by atoms with Gasteiger partial charge in [-0.25, -0.2) is 0 Å². The molecule has 0 fully saturated rings. The molecule has 6 nitrogen and oxygen atoms in total. The SMILES string of the molecule is COc1ccc(CCNC(=O)C(=O)NC(C)(C)CC(C)(C)C)cc1OC. The van der Waals surface area contributed by atoms with E-state index < -0.39 is 17.4 Å². The molecule has 1 aromatic rings. The Morgan fingerprint density at radius 2 is 1.58 bits per heavy atom. The van der Waals surface area contributed by atoms with Crippen molar-refractivity contribution >= 4 is 11.8 Å². The number of methoxy groups -OCH3 is 2.